The number of H-pyrrole nitrogens is 1. The Labute approximate surface area is 161 Å². The molecule has 0 saturated carbocycles. The summed E-state index contributed by atoms with van der Waals surface area (Å²) in [5.74, 6) is 0.711. The molecule has 1 amide bonds. The zero-order valence-electron chi connectivity index (χ0n) is 16.2. The molecule has 3 aliphatic rings. The lowest BCUT2D eigenvalue weighted by atomic mass is 9.83. The van der Waals surface area contributed by atoms with Crippen LogP contribution in [0.15, 0.2) is 18.2 Å². The van der Waals surface area contributed by atoms with Gasteiger partial charge in [-0.3, -0.25) is 4.79 Å². The molecule has 2 fully saturated rings. The largest absolute Gasteiger partial charge is 0.358 e. The Balaban J connectivity index is 1.29. The molecular weight excluding hydrogens is 334 g/mol. The molecule has 2 aromatic rings. The Bertz CT molecular complexity index is 838. The summed E-state index contributed by atoms with van der Waals surface area (Å²) in [7, 11) is 0. The molecule has 27 heavy (non-hydrogen) atoms. The van der Waals surface area contributed by atoms with Crippen LogP contribution < -0.4 is 5.32 Å². The zero-order valence-corrected chi connectivity index (χ0v) is 16.2. The fourth-order valence-electron chi connectivity index (χ4n) is 5.69. The van der Waals surface area contributed by atoms with Crippen molar-refractivity contribution in [2.45, 2.75) is 63.8 Å². The number of carbonyl (C=O) groups is 1. The number of benzene rings is 1. The van der Waals surface area contributed by atoms with Gasteiger partial charge in [-0.15, -0.1) is 0 Å². The molecule has 1 unspecified atom stereocenters. The van der Waals surface area contributed by atoms with Crippen LogP contribution >= 0.6 is 0 Å². The predicted molar refractivity (Wildman–Crippen MR) is 109 cm³/mol. The lowest BCUT2D eigenvalue weighted by molar-refractivity contribution is 0.0575. The van der Waals surface area contributed by atoms with Gasteiger partial charge in [-0.05, 0) is 94.1 Å². The Morgan fingerprint density at radius 2 is 1.96 bits per heavy atom. The molecule has 1 aromatic heterocycles. The minimum atomic E-state index is 0.0931. The first-order valence-corrected chi connectivity index (χ1v) is 11.0. The van der Waals surface area contributed by atoms with Crippen LogP contribution in [0.3, 0.4) is 0 Å². The van der Waals surface area contributed by atoms with Crippen LogP contribution in [0.25, 0.3) is 10.9 Å². The number of nitrogens with one attached hydrogen (secondary N) is 2. The van der Waals surface area contributed by atoms with Crippen molar-refractivity contribution in [3.8, 4) is 0 Å². The number of aromatic nitrogens is 1. The molecule has 1 aliphatic carbocycles. The van der Waals surface area contributed by atoms with E-state index in [-0.39, 0.29) is 5.91 Å². The van der Waals surface area contributed by atoms with E-state index in [4.69, 9.17) is 0 Å². The first kappa shape index (κ1) is 17.3. The van der Waals surface area contributed by atoms with E-state index >= 15 is 0 Å². The first-order valence-electron chi connectivity index (χ1n) is 11.0. The first-order chi connectivity index (χ1) is 13.3. The summed E-state index contributed by atoms with van der Waals surface area (Å²) in [5, 5.41) is 4.52. The summed E-state index contributed by atoms with van der Waals surface area (Å²) in [6.45, 7) is 3.33. The van der Waals surface area contributed by atoms with E-state index in [1.807, 2.05) is 6.07 Å². The van der Waals surface area contributed by atoms with Crippen LogP contribution in [0.2, 0.25) is 0 Å². The van der Waals surface area contributed by atoms with Gasteiger partial charge < -0.3 is 15.2 Å². The zero-order chi connectivity index (χ0) is 18.2. The number of aromatic amines is 1. The van der Waals surface area contributed by atoms with Crippen molar-refractivity contribution < 1.29 is 4.79 Å². The number of aryl methyl sites for hydroxylation is 2. The topological polar surface area (TPSA) is 48.1 Å². The van der Waals surface area contributed by atoms with Gasteiger partial charge in [0.15, 0.2) is 0 Å². The Kier molecular flexibility index (Phi) is 4.68. The van der Waals surface area contributed by atoms with E-state index in [0.29, 0.717) is 12.0 Å². The summed E-state index contributed by atoms with van der Waals surface area (Å²) < 4.78 is 0. The number of fused-ring (bicyclic) bond motifs is 4. The third-order valence-corrected chi connectivity index (χ3v) is 7.11. The molecule has 4 heteroatoms. The summed E-state index contributed by atoms with van der Waals surface area (Å²) >= 11 is 0. The highest BCUT2D eigenvalue weighted by Gasteiger charge is 2.33. The quantitative estimate of drug-likeness (QED) is 0.862. The van der Waals surface area contributed by atoms with Crippen LogP contribution in [-0.4, -0.2) is 41.5 Å². The molecule has 4 nitrogen and oxygen atoms in total. The van der Waals surface area contributed by atoms with E-state index in [9.17, 15) is 4.79 Å². The molecular formula is C23H31N3O. The fraction of sp³-hybridized carbons (Fsp3) is 0.609. The monoisotopic (exact) mass is 365 g/mol. The van der Waals surface area contributed by atoms with Gasteiger partial charge in [0.05, 0.1) is 0 Å². The maximum Gasteiger partial charge on any atom is 0.251 e. The molecule has 1 aromatic carbocycles. The third kappa shape index (κ3) is 3.29. The average molecular weight is 366 g/mol. The molecule has 5 rings (SSSR count). The van der Waals surface area contributed by atoms with Crippen molar-refractivity contribution in [2.75, 3.05) is 19.6 Å². The Morgan fingerprint density at radius 3 is 2.93 bits per heavy atom. The number of rotatable bonds is 3. The molecule has 2 aliphatic heterocycles. The number of amides is 1. The standard InChI is InChI=1S/C23H31N3O/c27-23(24-15-17-6-5-13-26-12-4-3-9-22(17)26)16-10-11-21-19(14-16)18-7-1-2-8-20(18)25-21/h10-11,14,17,22,25H,1-9,12-13,15H2,(H,24,27)/t17-,22?/m0/s1. The van der Waals surface area contributed by atoms with E-state index in [2.05, 4.69) is 27.3 Å². The summed E-state index contributed by atoms with van der Waals surface area (Å²) in [4.78, 5) is 19.1. The van der Waals surface area contributed by atoms with E-state index < -0.39 is 0 Å². The van der Waals surface area contributed by atoms with Crippen molar-refractivity contribution in [2.24, 2.45) is 5.92 Å². The van der Waals surface area contributed by atoms with Crippen LogP contribution in [0.5, 0.6) is 0 Å². The molecule has 2 N–H and O–H groups in total. The van der Waals surface area contributed by atoms with Gasteiger partial charge in [-0.25, -0.2) is 0 Å². The van der Waals surface area contributed by atoms with Gasteiger partial charge in [-0.2, -0.15) is 0 Å². The van der Waals surface area contributed by atoms with E-state index in [0.717, 1.165) is 24.9 Å². The highest BCUT2D eigenvalue weighted by Crippen LogP contribution is 2.31. The van der Waals surface area contributed by atoms with Gasteiger partial charge in [0, 0.05) is 34.7 Å². The third-order valence-electron chi connectivity index (χ3n) is 7.11. The van der Waals surface area contributed by atoms with Crippen molar-refractivity contribution in [1.82, 2.24) is 15.2 Å². The highest BCUT2D eigenvalue weighted by atomic mass is 16.1. The maximum atomic E-state index is 12.8. The second kappa shape index (κ2) is 7.31. The van der Waals surface area contributed by atoms with Gasteiger partial charge >= 0.3 is 0 Å². The van der Waals surface area contributed by atoms with Crippen molar-refractivity contribution in [3.63, 3.8) is 0 Å². The molecule has 2 atom stereocenters. The van der Waals surface area contributed by atoms with Crippen LogP contribution in [0.1, 0.15) is 66.6 Å². The lowest BCUT2D eigenvalue weighted by Crippen LogP contribution is -2.51. The van der Waals surface area contributed by atoms with Gasteiger partial charge in [0.2, 0.25) is 0 Å². The van der Waals surface area contributed by atoms with Crippen LogP contribution in [0, 0.1) is 5.92 Å². The summed E-state index contributed by atoms with van der Waals surface area (Å²) in [6, 6.07) is 6.87. The van der Waals surface area contributed by atoms with Gasteiger partial charge in [0.1, 0.15) is 0 Å². The minimum Gasteiger partial charge on any atom is -0.358 e. The van der Waals surface area contributed by atoms with Crippen LogP contribution in [0.4, 0.5) is 0 Å². The predicted octanol–water partition coefficient (Wildman–Crippen LogP) is 4.04. The number of nitrogens with zero attached hydrogens (tertiary/aromatic N) is 1. The molecule has 2 saturated heterocycles. The fourth-order valence-corrected chi connectivity index (χ4v) is 5.69. The van der Waals surface area contributed by atoms with Crippen molar-refractivity contribution >= 4 is 16.8 Å². The second-order valence-electron chi connectivity index (χ2n) is 8.76. The molecule has 0 radical (unpaired) electrons. The number of hydrogen-bond donors (Lipinski definition) is 2. The van der Waals surface area contributed by atoms with Crippen molar-refractivity contribution in [1.29, 1.82) is 0 Å². The van der Waals surface area contributed by atoms with Gasteiger partial charge in [-0.1, -0.05) is 6.42 Å². The molecule has 144 valence electrons. The smallest absolute Gasteiger partial charge is 0.251 e. The Morgan fingerprint density at radius 1 is 1.07 bits per heavy atom. The summed E-state index contributed by atoms with van der Waals surface area (Å²) in [5.41, 5.74) is 4.82. The minimum absolute atomic E-state index is 0.0931. The highest BCUT2D eigenvalue weighted by molar-refractivity contribution is 5.99. The molecule has 0 spiro atoms. The number of hydrogen-bond acceptors (Lipinski definition) is 2. The van der Waals surface area contributed by atoms with Crippen molar-refractivity contribution in [3.05, 3.63) is 35.0 Å². The average Bonchev–Trinajstić information content (AvgIpc) is 3.10. The normalized spacial score (nSPS) is 25.8. The van der Waals surface area contributed by atoms with Gasteiger partial charge in [0.25, 0.3) is 5.91 Å². The van der Waals surface area contributed by atoms with E-state index in [1.165, 1.54) is 80.2 Å². The Hall–Kier alpha value is -1.81. The maximum absolute atomic E-state index is 12.8. The summed E-state index contributed by atoms with van der Waals surface area (Å²) in [6.07, 6.45) is 11.3. The van der Waals surface area contributed by atoms with E-state index in [1.54, 1.807) is 0 Å². The second-order valence-corrected chi connectivity index (χ2v) is 8.76. The lowest BCUT2D eigenvalue weighted by Gasteiger charge is -2.44. The molecule has 3 heterocycles. The SMILES string of the molecule is O=C(NC[C@@H]1CCCN2CCCCC12)c1ccc2[nH]c3c(c2c1)CCCC3. The molecule has 0 bridgehead atoms. The van der Waals surface area contributed by atoms with Crippen LogP contribution in [-0.2, 0) is 12.8 Å². The number of piperidine rings is 2. The number of carbonyl (C=O) groups excluding carboxylic acids is 1.